The Morgan fingerprint density at radius 1 is 1.15 bits per heavy atom. The third-order valence-corrected chi connectivity index (χ3v) is 3.48. The van der Waals surface area contributed by atoms with Crippen molar-refractivity contribution in [2.75, 3.05) is 0 Å². The van der Waals surface area contributed by atoms with Crippen LogP contribution in [-0.4, -0.2) is 8.42 Å². The summed E-state index contributed by atoms with van der Waals surface area (Å²) in [6.45, 7) is 3.32. The maximum Gasteiger partial charge on any atom is 0.261 e. The van der Waals surface area contributed by atoms with Crippen LogP contribution in [-0.2, 0) is 9.05 Å². The van der Waals surface area contributed by atoms with E-state index in [9.17, 15) is 8.42 Å². The normalized spacial score (nSPS) is 11.7. The van der Waals surface area contributed by atoms with E-state index in [1.54, 1.807) is 26.0 Å². The molecule has 1 aromatic carbocycles. The molecule has 1 aromatic rings. The Bertz CT molecular complexity index is 414. The van der Waals surface area contributed by atoms with Crippen LogP contribution in [0.4, 0.5) is 0 Å². The zero-order chi connectivity index (χ0) is 10.2. The summed E-state index contributed by atoms with van der Waals surface area (Å²) >= 11 is 5.73. The quantitative estimate of drug-likeness (QED) is 0.706. The van der Waals surface area contributed by atoms with Gasteiger partial charge in [-0.05, 0) is 37.1 Å². The summed E-state index contributed by atoms with van der Waals surface area (Å²) < 4.78 is 22.2. The molecule has 13 heavy (non-hydrogen) atoms. The molecule has 0 N–H and O–H groups in total. The van der Waals surface area contributed by atoms with Gasteiger partial charge in [0.1, 0.15) is 0 Å². The lowest BCUT2D eigenvalue weighted by Gasteiger charge is -2.06. The standard InChI is InChI=1S/C8H8Cl2O2S/c1-5-3-7(9)4-6(2)8(5)13(10,11)12/h3-4H,1-2H3. The van der Waals surface area contributed by atoms with Crippen molar-refractivity contribution in [1.29, 1.82) is 0 Å². The van der Waals surface area contributed by atoms with Gasteiger partial charge in [-0.3, -0.25) is 0 Å². The summed E-state index contributed by atoms with van der Waals surface area (Å²) in [4.78, 5) is 0.151. The minimum absolute atomic E-state index is 0.151. The molecule has 0 fully saturated rings. The van der Waals surface area contributed by atoms with E-state index in [2.05, 4.69) is 0 Å². The first-order chi connectivity index (χ1) is 5.82. The van der Waals surface area contributed by atoms with E-state index in [0.29, 0.717) is 16.1 Å². The predicted octanol–water partition coefficient (Wildman–Crippen LogP) is 2.88. The van der Waals surface area contributed by atoms with Gasteiger partial charge >= 0.3 is 0 Å². The van der Waals surface area contributed by atoms with Gasteiger partial charge in [0.25, 0.3) is 9.05 Å². The van der Waals surface area contributed by atoms with Crippen molar-refractivity contribution in [3.63, 3.8) is 0 Å². The smallest absolute Gasteiger partial charge is 0.207 e. The highest BCUT2D eigenvalue weighted by Gasteiger charge is 2.16. The van der Waals surface area contributed by atoms with Gasteiger partial charge < -0.3 is 0 Å². The molecule has 0 saturated heterocycles. The summed E-state index contributed by atoms with van der Waals surface area (Å²) in [5.41, 5.74) is 1.14. The van der Waals surface area contributed by atoms with Crippen LogP contribution >= 0.6 is 22.3 Å². The molecule has 0 aromatic heterocycles. The molecule has 72 valence electrons. The second-order valence-corrected chi connectivity index (χ2v) is 5.75. The van der Waals surface area contributed by atoms with E-state index in [4.69, 9.17) is 22.3 Å². The molecular weight excluding hydrogens is 231 g/mol. The second-order valence-electron chi connectivity index (χ2n) is 2.81. The number of benzene rings is 1. The van der Waals surface area contributed by atoms with Crippen LogP contribution in [0.1, 0.15) is 11.1 Å². The Balaban J connectivity index is 3.57. The number of rotatable bonds is 1. The fourth-order valence-corrected chi connectivity index (χ4v) is 3.23. The van der Waals surface area contributed by atoms with Gasteiger partial charge in [0.15, 0.2) is 0 Å². The number of hydrogen-bond donors (Lipinski definition) is 0. The minimum Gasteiger partial charge on any atom is -0.207 e. The maximum atomic E-state index is 11.1. The van der Waals surface area contributed by atoms with Gasteiger partial charge in [-0.15, -0.1) is 0 Å². The molecule has 0 heterocycles. The van der Waals surface area contributed by atoms with Crippen molar-refractivity contribution in [3.05, 3.63) is 28.3 Å². The van der Waals surface area contributed by atoms with Crippen LogP contribution in [0, 0.1) is 13.8 Å². The Hall–Kier alpha value is -0.250. The number of hydrogen-bond acceptors (Lipinski definition) is 2. The van der Waals surface area contributed by atoms with Crippen LogP contribution in [0.15, 0.2) is 17.0 Å². The molecule has 0 atom stereocenters. The van der Waals surface area contributed by atoms with Gasteiger partial charge in [-0.25, -0.2) is 8.42 Å². The summed E-state index contributed by atoms with van der Waals surface area (Å²) in [5.74, 6) is 0. The molecule has 0 bridgehead atoms. The molecule has 0 radical (unpaired) electrons. The lowest BCUT2D eigenvalue weighted by molar-refractivity contribution is 0.608. The average molecular weight is 239 g/mol. The van der Waals surface area contributed by atoms with E-state index in [1.165, 1.54) is 0 Å². The highest BCUT2D eigenvalue weighted by Crippen LogP contribution is 2.26. The molecule has 0 unspecified atom stereocenters. The summed E-state index contributed by atoms with van der Waals surface area (Å²) in [6.07, 6.45) is 0. The van der Waals surface area contributed by atoms with E-state index >= 15 is 0 Å². The molecule has 0 aliphatic heterocycles. The zero-order valence-corrected chi connectivity index (χ0v) is 9.46. The van der Waals surface area contributed by atoms with Crippen LogP contribution < -0.4 is 0 Å². The van der Waals surface area contributed by atoms with Gasteiger partial charge in [0, 0.05) is 15.7 Å². The SMILES string of the molecule is Cc1cc(Cl)cc(C)c1S(=O)(=O)Cl. The average Bonchev–Trinajstić information content (AvgIpc) is 1.78. The molecule has 0 amide bonds. The minimum atomic E-state index is -3.67. The number of aryl methyl sites for hydroxylation is 2. The highest BCUT2D eigenvalue weighted by atomic mass is 35.7. The molecule has 2 nitrogen and oxygen atoms in total. The van der Waals surface area contributed by atoms with Crippen molar-refractivity contribution in [3.8, 4) is 0 Å². The van der Waals surface area contributed by atoms with Crippen molar-refractivity contribution in [2.24, 2.45) is 0 Å². The van der Waals surface area contributed by atoms with Gasteiger partial charge in [-0.1, -0.05) is 11.6 Å². The van der Waals surface area contributed by atoms with Gasteiger partial charge in [-0.2, -0.15) is 0 Å². The van der Waals surface area contributed by atoms with Crippen molar-refractivity contribution in [2.45, 2.75) is 18.7 Å². The Morgan fingerprint density at radius 2 is 1.54 bits per heavy atom. The summed E-state index contributed by atoms with van der Waals surface area (Å²) in [5, 5.41) is 0.513. The van der Waals surface area contributed by atoms with E-state index in [0.717, 1.165) is 0 Å². The maximum absolute atomic E-state index is 11.1. The lowest BCUT2D eigenvalue weighted by atomic mass is 10.2. The topological polar surface area (TPSA) is 34.1 Å². The van der Waals surface area contributed by atoms with E-state index < -0.39 is 9.05 Å². The first-order valence-corrected chi connectivity index (χ1v) is 6.22. The molecule has 0 aliphatic rings. The molecular formula is C8H8Cl2O2S. The van der Waals surface area contributed by atoms with Crippen molar-refractivity contribution < 1.29 is 8.42 Å². The van der Waals surface area contributed by atoms with Crippen LogP contribution in [0.5, 0.6) is 0 Å². The van der Waals surface area contributed by atoms with Crippen molar-refractivity contribution in [1.82, 2.24) is 0 Å². The second kappa shape index (κ2) is 3.48. The highest BCUT2D eigenvalue weighted by molar-refractivity contribution is 8.13. The summed E-state index contributed by atoms with van der Waals surface area (Å²) in [6, 6.07) is 3.15. The predicted molar refractivity (Wildman–Crippen MR) is 54.0 cm³/mol. The molecule has 0 aliphatic carbocycles. The van der Waals surface area contributed by atoms with Crippen LogP contribution in [0.25, 0.3) is 0 Å². The van der Waals surface area contributed by atoms with Crippen LogP contribution in [0.3, 0.4) is 0 Å². The number of halogens is 2. The van der Waals surface area contributed by atoms with Crippen molar-refractivity contribution >= 4 is 31.3 Å². The Kier molecular flexibility index (Phi) is 2.90. The van der Waals surface area contributed by atoms with Gasteiger partial charge in [0.05, 0.1) is 4.90 Å². The first-order valence-electron chi connectivity index (χ1n) is 3.54. The van der Waals surface area contributed by atoms with E-state index in [1.807, 2.05) is 0 Å². The molecule has 5 heteroatoms. The fourth-order valence-electron chi connectivity index (χ4n) is 1.28. The lowest BCUT2D eigenvalue weighted by Crippen LogP contribution is -1.97. The van der Waals surface area contributed by atoms with Gasteiger partial charge in [0.2, 0.25) is 0 Å². The fraction of sp³-hybridized carbons (Fsp3) is 0.250. The van der Waals surface area contributed by atoms with E-state index in [-0.39, 0.29) is 4.90 Å². The third-order valence-electron chi connectivity index (χ3n) is 1.67. The molecule has 0 saturated carbocycles. The largest absolute Gasteiger partial charge is 0.261 e. The molecule has 1 rings (SSSR count). The third kappa shape index (κ3) is 2.36. The Labute approximate surface area is 86.9 Å². The molecule has 0 spiro atoms. The first kappa shape index (κ1) is 10.8. The monoisotopic (exact) mass is 238 g/mol. The summed E-state index contributed by atoms with van der Waals surface area (Å²) in [7, 11) is 1.58. The van der Waals surface area contributed by atoms with Crippen LogP contribution in [0.2, 0.25) is 5.02 Å². The Morgan fingerprint density at radius 3 is 1.85 bits per heavy atom. The zero-order valence-electron chi connectivity index (χ0n) is 7.14.